The zero-order valence-electron chi connectivity index (χ0n) is 39.1. The number of sulfonamides is 1. The van der Waals surface area contributed by atoms with Gasteiger partial charge in [-0.05, 0) is 49.4 Å². The molecule has 21 heteroatoms. The number of thiazole rings is 1. The van der Waals surface area contributed by atoms with Crippen molar-refractivity contribution in [3.8, 4) is 32.8 Å². The number of hydrogen-bond donors (Lipinski definition) is 4. The lowest BCUT2D eigenvalue weighted by molar-refractivity contribution is -0.144. The standard InChI is InChI=1S/C47H57FN10O8S2/c1-8-68(63,64)55-37-14-13-32(19-36(37)48)41-40-28(2)49-23-35(42(40)56(7)54-41)33-22-52-57(24-33)15-16-65-17-18-66-26-39(60)53-44(47(4,5)6)46(62)58-25-34(59)20-38(58)45(61)50-21-30-9-11-31(12-10-30)43-29(3)51-27-67-43/h9-14,19,22-24,27,34,38,44,55,59H,8,15-18,20-21,25-26H2,1-7H3,(H,50,61)(H,53,60)/t34-,38+,44-/m1/s1. The number of likely N-dealkylation sites (tertiary alicyclic amines) is 1. The Kier molecular flexibility index (Phi) is 15.4. The van der Waals surface area contributed by atoms with E-state index in [1.165, 1.54) is 24.0 Å². The average molecular weight is 973 g/mol. The highest BCUT2D eigenvalue weighted by molar-refractivity contribution is 7.92. The summed E-state index contributed by atoms with van der Waals surface area (Å²) >= 11 is 1.56. The van der Waals surface area contributed by atoms with E-state index in [1.807, 2.05) is 65.1 Å². The van der Waals surface area contributed by atoms with Crippen molar-refractivity contribution in [2.24, 2.45) is 12.5 Å². The van der Waals surface area contributed by atoms with Crippen LogP contribution in [0.2, 0.25) is 0 Å². The number of benzene rings is 2. The lowest BCUT2D eigenvalue weighted by Gasteiger charge is -2.35. The first kappa shape index (κ1) is 49.8. The van der Waals surface area contributed by atoms with E-state index in [4.69, 9.17) is 14.6 Å². The zero-order valence-corrected chi connectivity index (χ0v) is 40.7. The fraction of sp³-hybridized carbons (Fsp3) is 0.426. The molecule has 5 heterocycles. The minimum absolute atomic E-state index is 0.0375. The molecule has 1 fully saturated rings. The van der Waals surface area contributed by atoms with E-state index in [9.17, 15) is 27.9 Å². The molecule has 6 aromatic rings. The first-order valence-corrected chi connectivity index (χ1v) is 24.7. The van der Waals surface area contributed by atoms with Gasteiger partial charge in [0.2, 0.25) is 27.7 Å². The third-order valence-corrected chi connectivity index (χ3v) is 13.9. The minimum atomic E-state index is -3.66. The van der Waals surface area contributed by atoms with E-state index < -0.39 is 51.3 Å². The second kappa shape index (κ2) is 21.0. The van der Waals surface area contributed by atoms with Crippen LogP contribution < -0.4 is 15.4 Å². The third kappa shape index (κ3) is 11.6. The van der Waals surface area contributed by atoms with Crippen LogP contribution in [0, 0.1) is 25.1 Å². The Labute approximate surface area is 398 Å². The first-order valence-electron chi connectivity index (χ1n) is 22.2. The SMILES string of the molecule is CCS(=O)(=O)Nc1ccc(-c2nn(C)c3c(-c4cnn(CCOCCOCC(=O)N[C@H](C(=O)N5C[C@H](O)C[C@H]5C(=O)NCc5ccc(-c6scnc6C)cc5)C(C)(C)C)c4)cnc(C)c23)cc1F. The lowest BCUT2D eigenvalue weighted by atomic mass is 9.85. The average Bonchev–Trinajstić information content (AvgIpc) is 4.12. The highest BCUT2D eigenvalue weighted by atomic mass is 32.2. The van der Waals surface area contributed by atoms with Crippen molar-refractivity contribution >= 4 is 55.7 Å². The van der Waals surface area contributed by atoms with E-state index in [0.717, 1.165) is 38.3 Å². The largest absolute Gasteiger partial charge is 0.391 e. The van der Waals surface area contributed by atoms with Crippen LogP contribution in [0.15, 0.2) is 66.6 Å². The van der Waals surface area contributed by atoms with Gasteiger partial charge in [-0.2, -0.15) is 10.2 Å². The molecular weight excluding hydrogens is 916 g/mol. The number of aryl methyl sites for hydroxylation is 3. The second-order valence-corrected chi connectivity index (χ2v) is 20.6. The van der Waals surface area contributed by atoms with Gasteiger partial charge in [-0.1, -0.05) is 51.1 Å². The van der Waals surface area contributed by atoms with Crippen molar-refractivity contribution in [3.05, 3.63) is 89.3 Å². The number of aliphatic hydroxyl groups excluding tert-OH is 1. The number of hydrogen-bond acceptors (Lipinski definition) is 13. The molecule has 18 nitrogen and oxygen atoms in total. The lowest BCUT2D eigenvalue weighted by Crippen LogP contribution is -2.58. The van der Waals surface area contributed by atoms with Crippen LogP contribution in [0.4, 0.5) is 10.1 Å². The number of pyridine rings is 1. The fourth-order valence-corrected chi connectivity index (χ4v) is 9.47. The van der Waals surface area contributed by atoms with Gasteiger partial charge in [-0.3, -0.25) is 33.5 Å². The van der Waals surface area contributed by atoms with Gasteiger partial charge in [-0.25, -0.2) is 17.8 Å². The number of ether oxygens (including phenoxy) is 2. The topological polar surface area (TPSA) is 225 Å². The molecule has 2 aromatic carbocycles. The predicted molar refractivity (Wildman–Crippen MR) is 256 cm³/mol. The number of carbonyl (C=O) groups is 3. The molecule has 7 rings (SSSR count). The number of aromatic nitrogens is 6. The number of anilines is 1. The van der Waals surface area contributed by atoms with Crippen molar-refractivity contribution in [3.63, 3.8) is 0 Å². The molecule has 0 saturated carbocycles. The van der Waals surface area contributed by atoms with Crippen molar-refractivity contribution in [2.45, 2.75) is 79.2 Å². The summed E-state index contributed by atoms with van der Waals surface area (Å²) in [6.45, 7) is 11.6. The number of halogens is 1. The van der Waals surface area contributed by atoms with Crippen molar-refractivity contribution < 1.29 is 41.8 Å². The molecule has 362 valence electrons. The molecule has 1 aliphatic rings. The number of rotatable bonds is 19. The first-order chi connectivity index (χ1) is 32.3. The summed E-state index contributed by atoms with van der Waals surface area (Å²) in [5, 5.41) is 26.2. The summed E-state index contributed by atoms with van der Waals surface area (Å²) in [6, 6.07) is 10.2. The second-order valence-electron chi connectivity index (χ2n) is 17.8. The monoisotopic (exact) mass is 972 g/mol. The van der Waals surface area contributed by atoms with Gasteiger partial charge in [0.25, 0.3) is 0 Å². The van der Waals surface area contributed by atoms with Gasteiger partial charge in [0, 0.05) is 66.7 Å². The van der Waals surface area contributed by atoms with E-state index in [-0.39, 0.29) is 56.7 Å². The highest BCUT2D eigenvalue weighted by Gasteiger charge is 2.44. The van der Waals surface area contributed by atoms with E-state index in [1.54, 1.807) is 51.7 Å². The molecular formula is C47H57FN10O8S2. The highest BCUT2D eigenvalue weighted by Crippen LogP contribution is 2.37. The predicted octanol–water partition coefficient (Wildman–Crippen LogP) is 4.98. The van der Waals surface area contributed by atoms with Gasteiger partial charge < -0.3 is 30.1 Å². The maximum atomic E-state index is 15.1. The summed E-state index contributed by atoms with van der Waals surface area (Å²) in [5.41, 5.74) is 7.73. The van der Waals surface area contributed by atoms with Crippen molar-refractivity contribution in [1.29, 1.82) is 0 Å². The number of fused-ring (bicyclic) bond motifs is 1. The van der Waals surface area contributed by atoms with Gasteiger partial charge in [-0.15, -0.1) is 11.3 Å². The van der Waals surface area contributed by atoms with E-state index in [2.05, 4.69) is 30.4 Å². The molecule has 4 aromatic heterocycles. The Hall–Kier alpha value is -6.13. The van der Waals surface area contributed by atoms with Gasteiger partial charge in [0.15, 0.2) is 0 Å². The number of nitrogens with one attached hydrogen (secondary N) is 3. The summed E-state index contributed by atoms with van der Waals surface area (Å²) in [7, 11) is -1.88. The number of nitrogens with zero attached hydrogens (tertiary/aromatic N) is 7. The maximum Gasteiger partial charge on any atom is 0.246 e. The fourth-order valence-electron chi connectivity index (χ4n) is 8.01. The number of aliphatic hydroxyl groups is 1. The summed E-state index contributed by atoms with van der Waals surface area (Å²) in [6.07, 6.45) is 4.48. The van der Waals surface area contributed by atoms with Crippen LogP contribution in [0.5, 0.6) is 0 Å². The zero-order chi connectivity index (χ0) is 48.9. The van der Waals surface area contributed by atoms with Crippen LogP contribution in [0.1, 0.15) is 51.1 Å². The Balaban J connectivity index is 0.873. The Morgan fingerprint density at radius 1 is 0.985 bits per heavy atom. The molecule has 0 radical (unpaired) electrons. The minimum Gasteiger partial charge on any atom is -0.391 e. The molecule has 0 spiro atoms. The normalized spacial score (nSPS) is 15.8. The van der Waals surface area contributed by atoms with Crippen LogP contribution in [-0.2, 0) is 54.0 Å². The Bertz CT molecular complexity index is 2890. The molecule has 1 saturated heterocycles. The quantitative estimate of drug-likeness (QED) is 0.0789. The molecule has 0 aliphatic carbocycles. The van der Waals surface area contributed by atoms with E-state index >= 15 is 4.39 Å². The van der Waals surface area contributed by atoms with Crippen LogP contribution >= 0.6 is 11.3 Å². The number of amides is 3. The molecule has 0 bridgehead atoms. The van der Waals surface area contributed by atoms with Crippen molar-refractivity contribution in [2.75, 3.05) is 43.4 Å². The molecule has 3 amide bonds. The third-order valence-electron chi connectivity index (χ3n) is 11.7. The molecule has 1 aliphatic heterocycles. The summed E-state index contributed by atoms with van der Waals surface area (Å²) < 4.78 is 56.2. The number of carbonyl (C=O) groups excluding carboxylic acids is 3. The van der Waals surface area contributed by atoms with E-state index in [0.29, 0.717) is 35.5 Å². The number of β-amino-alcohol motifs (C(OH)–C–C–N with tert-alkyl or cyclic N) is 1. The van der Waals surface area contributed by atoms with Crippen LogP contribution in [0.25, 0.3) is 43.7 Å². The van der Waals surface area contributed by atoms with Gasteiger partial charge >= 0.3 is 0 Å². The summed E-state index contributed by atoms with van der Waals surface area (Å²) in [5.74, 6) is -2.28. The Morgan fingerprint density at radius 3 is 2.41 bits per heavy atom. The van der Waals surface area contributed by atoms with Gasteiger partial charge in [0.1, 0.15) is 30.2 Å². The molecule has 0 unspecified atom stereocenters. The summed E-state index contributed by atoms with van der Waals surface area (Å²) in [4.78, 5) is 51.9. The maximum absolute atomic E-state index is 15.1. The van der Waals surface area contributed by atoms with Crippen molar-refractivity contribution in [1.82, 2.24) is 45.1 Å². The molecule has 68 heavy (non-hydrogen) atoms. The van der Waals surface area contributed by atoms with Gasteiger partial charge in [0.05, 0.1) is 71.7 Å². The smallest absolute Gasteiger partial charge is 0.246 e. The van der Waals surface area contributed by atoms with Crippen LogP contribution in [-0.4, -0.2) is 123 Å². The Morgan fingerprint density at radius 2 is 1.72 bits per heavy atom. The molecule has 3 atom stereocenters. The van der Waals surface area contributed by atoms with Crippen LogP contribution in [0.3, 0.4) is 0 Å². The molecule has 4 N–H and O–H groups in total.